The zero-order valence-corrected chi connectivity index (χ0v) is 13.8. The molecule has 1 amide bonds. The highest BCUT2D eigenvalue weighted by molar-refractivity contribution is 5.94. The van der Waals surface area contributed by atoms with Crippen LogP contribution >= 0.6 is 0 Å². The molecule has 0 aromatic heterocycles. The molecule has 1 N–H and O–H groups in total. The van der Waals surface area contributed by atoms with Gasteiger partial charge >= 0.3 is 0 Å². The number of Topliss-reactive ketones (excluding diaryl/α,β-unsaturated/α-hetero) is 1. The fourth-order valence-corrected chi connectivity index (χ4v) is 3.04. The highest BCUT2D eigenvalue weighted by Gasteiger charge is 2.14. The number of ketones is 1. The molecule has 0 fully saturated rings. The number of benzene rings is 2. The quantitative estimate of drug-likeness (QED) is 0.852. The van der Waals surface area contributed by atoms with Gasteiger partial charge in [0.25, 0.3) is 5.91 Å². The second-order valence-electron chi connectivity index (χ2n) is 6.07. The van der Waals surface area contributed by atoms with Crippen LogP contribution in [0.5, 0.6) is 5.75 Å². The Morgan fingerprint density at radius 3 is 2.71 bits per heavy atom. The number of aryl methyl sites for hydroxylation is 1. The van der Waals surface area contributed by atoms with Gasteiger partial charge in [-0.2, -0.15) is 0 Å². The molecule has 0 unspecified atom stereocenters. The summed E-state index contributed by atoms with van der Waals surface area (Å²) >= 11 is 0. The molecule has 0 radical (unpaired) electrons. The Morgan fingerprint density at radius 2 is 1.88 bits per heavy atom. The van der Waals surface area contributed by atoms with E-state index in [1.807, 2.05) is 12.1 Å². The lowest BCUT2D eigenvalue weighted by molar-refractivity contribution is -0.118. The van der Waals surface area contributed by atoms with Crippen molar-refractivity contribution in [1.29, 1.82) is 0 Å². The van der Waals surface area contributed by atoms with E-state index in [4.69, 9.17) is 4.74 Å². The van der Waals surface area contributed by atoms with Gasteiger partial charge in [0.2, 0.25) is 0 Å². The molecule has 1 aliphatic carbocycles. The number of hydrogen-bond acceptors (Lipinski definition) is 3. The van der Waals surface area contributed by atoms with Crippen molar-refractivity contribution in [2.45, 2.75) is 32.6 Å². The zero-order chi connectivity index (χ0) is 16.9. The van der Waals surface area contributed by atoms with E-state index in [2.05, 4.69) is 11.4 Å². The number of carbonyl (C=O) groups excluding carboxylic acids is 2. The van der Waals surface area contributed by atoms with Gasteiger partial charge < -0.3 is 10.1 Å². The summed E-state index contributed by atoms with van der Waals surface area (Å²) in [5.74, 6) is 0.302. The van der Waals surface area contributed by atoms with Gasteiger partial charge in [0.05, 0.1) is 0 Å². The van der Waals surface area contributed by atoms with E-state index in [1.165, 1.54) is 24.5 Å². The van der Waals surface area contributed by atoms with Gasteiger partial charge in [-0.15, -0.1) is 0 Å². The number of carbonyl (C=O) groups is 2. The normalized spacial score (nSPS) is 13.0. The molecule has 0 atom stereocenters. The number of amides is 1. The number of ether oxygens (including phenoxy) is 1. The van der Waals surface area contributed by atoms with Gasteiger partial charge in [-0.3, -0.25) is 9.59 Å². The summed E-state index contributed by atoms with van der Waals surface area (Å²) in [5.41, 5.74) is 4.04. The summed E-state index contributed by atoms with van der Waals surface area (Å²) in [6.45, 7) is 1.43. The van der Waals surface area contributed by atoms with E-state index < -0.39 is 0 Å². The number of rotatable bonds is 5. The third-order valence-corrected chi connectivity index (χ3v) is 4.28. The first-order valence-corrected chi connectivity index (χ1v) is 8.28. The summed E-state index contributed by atoms with van der Waals surface area (Å²) in [4.78, 5) is 23.6. The molecule has 2 aromatic carbocycles. The van der Waals surface area contributed by atoms with Gasteiger partial charge in [-0.05, 0) is 61.9 Å². The van der Waals surface area contributed by atoms with Crippen molar-refractivity contribution >= 4 is 17.4 Å². The largest absolute Gasteiger partial charge is 0.484 e. The summed E-state index contributed by atoms with van der Waals surface area (Å²) < 4.78 is 5.51. The number of nitrogens with one attached hydrogen (secondary N) is 1. The Kier molecular flexibility index (Phi) is 4.94. The highest BCUT2D eigenvalue weighted by atomic mass is 16.5. The van der Waals surface area contributed by atoms with Crippen molar-refractivity contribution in [2.75, 3.05) is 11.9 Å². The van der Waals surface area contributed by atoms with E-state index in [1.54, 1.807) is 24.3 Å². The van der Waals surface area contributed by atoms with E-state index >= 15 is 0 Å². The summed E-state index contributed by atoms with van der Waals surface area (Å²) in [6, 6.07) is 12.9. The number of fused-ring (bicyclic) bond motifs is 1. The number of hydrogen-bond donors (Lipinski definition) is 1. The van der Waals surface area contributed by atoms with Gasteiger partial charge in [0.15, 0.2) is 12.4 Å². The van der Waals surface area contributed by atoms with E-state index in [0.29, 0.717) is 11.3 Å². The Hall–Kier alpha value is -2.62. The predicted octanol–water partition coefficient (Wildman–Crippen LogP) is 3.79. The molecule has 3 rings (SSSR count). The molecule has 0 saturated carbocycles. The van der Waals surface area contributed by atoms with Crippen LogP contribution in [0.4, 0.5) is 5.69 Å². The first kappa shape index (κ1) is 16.2. The third-order valence-electron chi connectivity index (χ3n) is 4.28. The zero-order valence-electron chi connectivity index (χ0n) is 13.8. The molecular formula is C20H21NO3. The molecule has 0 spiro atoms. The molecule has 24 heavy (non-hydrogen) atoms. The molecule has 2 aromatic rings. The van der Waals surface area contributed by atoms with Crippen LogP contribution in [0.1, 0.15) is 41.3 Å². The first-order valence-electron chi connectivity index (χ1n) is 8.28. The van der Waals surface area contributed by atoms with E-state index in [-0.39, 0.29) is 18.3 Å². The van der Waals surface area contributed by atoms with Crippen LogP contribution in [-0.2, 0) is 17.6 Å². The van der Waals surface area contributed by atoms with Crippen LogP contribution in [0, 0.1) is 0 Å². The molecular weight excluding hydrogens is 302 g/mol. The van der Waals surface area contributed by atoms with Gasteiger partial charge in [-0.1, -0.05) is 24.3 Å². The van der Waals surface area contributed by atoms with Gasteiger partial charge in [0.1, 0.15) is 5.75 Å². The molecule has 4 nitrogen and oxygen atoms in total. The third kappa shape index (κ3) is 3.82. The second-order valence-corrected chi connectivity index (χ2v) is 6.07. The molecule has 0 heterocycles. The Labute approximate surface area is 141 Å². The molecule has 0 aliphatic heterocycles. The highest BCUT2D eigenvalue weighted by Crippen LogP contribution is 2.27. The van der Waals surface area contributed by atoms with E-state index in [0.717, 1.165) is 24.9 Å². The Morgan fingerprint density at radius 1 is 1.08 bits per heavy atom. The fraction of sp³-hybridized carbons (Fsp3) is 0.300. The fourth-order valence-electron chi connectivity index (χ4n) is 3.04. The van der Waals surface area contributed by atoms with Crippen molar-refractivity contribution in [3.63, 3.8) is 0 Å². The molecule has 1 aliphatic rings. The molecule has 0 bridgehead atoms. The van der Waals surface area contributed by atoms with Crippen molar-refractivity contribution in [3.8, 4) is 5.75 Å². The van der Waals surface area contributed by atoms with Crippen LogP contribution in [0.15, 0.2) is 42.5 Å². The molecule has 124 valence electrons. The Bertz CT molecular complexity index is 767. The average Bonchev–Trinajstić information content (AvgIpc) is 2.60. The topological polar surface area (TPSA) is 55.4 Å². The summed E-state index contributed by atoms with van der Waals surface area (Å²) in [6.07, 6.45) is 4.45. The van der Waals surface area contributed by atoms with Crippen molar-refractivity contribution in [3.05, 3.63) is 59.2 Å². The van der Waals surface area contributed by atoms with Crippen LogP contribution < -0.4 is 10.1 Å². The first-order chi connectivity index (χ1) is 11.6. The molecule has 4 heteroatoms. The predicted molar refractivity (Wildman–Crippen MR) is 93.7 cm³/mol. The van der Waals surface area contributed by atoms with Crippen molar-refractivity contribution < 1.29 is 14.3 Å². The van der Waals surface area contributed by atoms with Crippen molar-refractivity contribution in [2.24, 2.45) is 0 Å². The lowest BCUT2D eigenvalue weighted by Gasteiger charge is -2.19. The standard InChI is InChI=1S/C20H21NO3/c1-14(22)16-8-4-9-17(12-16)24-13-20(23)21-19-11-5-7-15-6-2-3-10-18(15)19/h4-5,7-9,11-12H,2-3,6,10,13H2,1H3,(H,21,23). The van der Waals surface area contributed by atoms with Gasteiger partial charge in [0, 0.05) is 11.3 Å². The maximum atomic E-state index is 12.2. The monoisotopic (exact) mass is 323 g/mol. The number of anilines is 1. The smallest absolute Gasteiger partial charge is 0.262 e. The van der Waals surface area contributed by atoms with Crippen LogP contribution in [0.25, 0.3) is 0 Å². The minimum absolute atomic E-state index is 0.0270. The second kappa shape index (κ2) is 7.30. The lowest BCUT2D eigenvalue weighted by atomic mass is 9.90. The summed E-state index contributed by atoms with van der Waals surface area (Å²) in [5, 5.41) is 2.95. The summed E-state index contributed by atoms with van der Waals surface area (Å²) in [7, 11) is 0. The Balaban J connectivity index is 1.62. The van der Waals surface area contributed by atoms with Crippen LogP contribution in [-0.4, -0.2) is 18.3 Å². The van der Waals surface area contributed by atoms with Crippen LogP contribution in [0.3, 0.4) is 0 Å². The SMILES string of the molecule is CC(=O)c1cccc(OCC(=O)Nc2cccc3c2CCCC3)c1. The maximum absolute atomic E-state index is 12.2. The average molecular weight is 323 g/mol. The van der Waals surface area contributed by atoms with Crippen molar-refractivity contribution in [1.82, 2.24) is 0 Å². The van der Waals surface area contributed by atoms with Crippen LogP contribution in [0.2, 0.25) is 0 Å². The molecule has 0 saturated heterocycles. The lowest BCUT2D eigenvalue weighted by Crippen LogP contribution is -2.21. The van der Waals surface area contributed by atoms with Gasteiger partial charge in [-0.25, -0.2) is 0 Å². The maximum Gasteiger partial charge on any atom is 0.262 e. The van der Waals surface area contributed by atoms with E-state index in [9.17, 15) is 9.59 Å². The minimum atomic E-state index is -0.192. The minimum Gasteiger partial charge on any atom is -0.484 e.